The second-order valence-electron chi connectivity index (χ2n) is 4.52. The molecule has 0 aromatic heterocycles. The van der Waals surface area contributed by atoms with E-state index in [1.165, 1.54) is 25.1 Å². The SMILES string of the molecule is COc1ccc(NC(=O)CN2C(=O)CN(C)C2=O)cc1Cl. The highest BCUT2D eigenvalue weighted by atomic mass is 35.5. The average Bonchev–Trinajstić information content (AvgIpc) is 2.65. The molecule has 8 heteroatoms. The number of nitrogens with zero attached hydrogens (tertiary/aromatic N) is 2. The normalized spacial score (nSPS) is 14.6. The number of carbonyl (C=O) groups is 3. The van der Waals surface area contributed by atoms with Crippen LogP contribution in [0.1, 0.15) is 0 Å². The number of halogens is 1. The van der Waals surface area contributed by atoms with E-state index in [0.717, 1.165) is 4.90 Å². The third-order valence-corrected chi connectivity index (χ3v) is 3.26. The summed E-state index contributed by atoms with van der Waals surface area (Å²) in [6, 6.07) is 4.26. The molecule has 1 aromatic rings. The molecule has 21 heavy (non-hydrogen) atoms. The summed E-state index contributed by atoms with van der Waals surface area (Å²) in [4.78, 5) is 37.3. The van der Waals surface area contributed by atoms with Crippen LogP contribution in [0.5, 0.6) is 5.75 Å². The van der Waals surface area contributed by atoms with Crippen LogP contribution < -0.4 is 10.1 Å². The number of likely N-dealkylation sites (N-methyl/N-ethyl adjacent to an activating group) is 1. The summed E-state index contributed by atoms with van der Waals surface area (Å²) in [6.07, 6.45) is 0. The number of amides is 4. The second-order valence-corrected chi connectivity index (χ2v) is 4.92. The Labute approximate surface area is 126 Å². The number of benzene rings is 1. The molecule has 0 atom stereocenters. The van der Waals surface area contributed by atoms with E-state index in [-0.39, 0.29) is 13.1 Å². The van der Waals surface area contributed by atoms with E-state index in [0.29, 0.717) is 16.5 Å². The Balaban J connectivity index is 2.00. The van der Waals surface area contributed by atoms with Crippen LogP contribution in [0.15, 0.2) is 18.2 Å². The van der Waals surface area contributed by atoms with Crippen molar-refractivity contribution in [3.05, 3.63) is 23.2 Å². The molecule has 0 saturated carbocycles. The van der Waals surface area contributed by atoms with Gasteiger partial charge in [0.15, 0.2) is 0 Å². The highest BCUT2D eigenvalue weighted by Crippen LogP contribution is 2.27. The number of ether oxygens (including phenoxy) is 1. The lowest BCUT2D eigenvalue weighted by Crippen LogP contribution is -2.38. The van der Waals surface area contributed by atoms with Gasteiger partial charge in [0.2, 0.25) is 5.91 Å². The first kappa shape index (κ1) is 15.1. The number of urea groups is 1. The standard InChI is InChI=1S/C13H14ClN3O4/c1-16-7-12(19)17(13(16)20)6-11(18)15-8-3-4-10(21-2)9(14)5-8/h3-5H,6-7H2,1-2H3,(H,15,18). The van der Waals surface area contributed by atoms with E-state index in [9.17, 15) is 14.4 Å². The molecule has 4 amide bonds. The lowest BCUT2D eigenvalue weighted by Gasteiger charge is -2.14. The van der Waals surface area contributed by atoms with E-state index in [2.05, 4.69) is 5.32 Å². The Morgan fingerprint density at radius 2 is 2.14 bits per heavy atom. The van der Waals surface area contributed by atoms with E-state index in [1.54, 1.807) is 12.1 Å². The first-order valence-corrected chi connectivity index (χ1v) is 6.49. The van der Waals surface area contributed by atoms with E-state index >= 15 is 0 Å². The van der Waals surface area contributed by atoms with Gasteiger partial charge in [0, 0.05) is 12.7 Å². The van der Waals surface area contributed by atoms with Crippen LogP contribution in [0.25, 0.3) is 0 Å². The van der Waals surface area contributed by atoms with Crippen molar-refractivity contribution in [2.75, 3.05) is 32.6 Å². The molecular weight excluding hydrogens is 298 g/mol. The quantitative estimate of drug-likeness (QED) is 0.847. The van der Waals surface area contributed by atoms with Crippen molar-refractivity contribution >= 4 is 35.1 Å². The fourth-order valence-electron chi connectivity index (χ4n) is 1.91. The molecule has 0 unspecified atom stereocenters. The first-order chi connectivity index (χ1) is 9.92. The zero-order valence-corrected chi connectivity index (χ0v) is 12.3. The molecule has 0 radical (unpaired) electrons. The van der Waals surface area contributed by atoms with Gasteiger partial charge in [-0.25, -0.2) is 4.79 Å². The van der Waals surface area contributed by atoms with Gasteiger partial charge in [0.1, 0.15) is 18.8 Å². The Morgan fingerprint density at radius 1 is 1.43 bits per heavy atom. The topological polar surface area (TPSA) is 79.0 Å². The van der Waals surface area contributed by atoms with Gasteiger partial charge in [-0.3, -0.25) is 14.5 Å². The van der Waals surface area contributed by atoms with E-state index < -0.39 is 17.8 Å². The monoisotopic (exact) mass is 311 g/mol. The van der Waals surface area contributed by atoms with Crippen LogP contribution in [0, 0.1) is 0 Å². The zero-order valence-electron chi connectivity index (χ0n) is 11.6. The van der Waals surface area contributed by atoms with Crippen LogP contribution in [0.2, 0.25) is 5.02 Å². The third-order valence-electron chi connectivity index (χ3n) is 2.97. The summed E-state index contributed by atoms with van der Waals surface area (Å²) in [7, 11) is 2.99. The summed E-state index contributed by atoms with van der Waals surface area (Å²) in [5, 5.41) is 2.92. The molecule has 1 heterocycles. The summed E-state index contributed by atoms with van der Waals surface area (Å²) in [5.41, 5.74) is 0.457. The van der Waals surface area contributed by atoms with Gasteiger partial charge in [0.05, 0.1) is 12.1 Å². The molecule has 1 aliphatic rings. The van der Waals surface area contributed by atoms with E-state index in [4.69, 9.17) is 16.3 Å². The van der Waals surface area contributed by atoms with Crippen LogP contribution in [-0.2, 0) is 9.59 Å². The number of carbonyl (C=O) groups excluding carboxylic acids is 3. The highest BCUT2D eigenvalue weighted by molar-refractivity contribution is 6.32. The molecular formula is C13H14ClN3O4. The Bertz CT molecular complexity index is 605. The van der Waals surface area contributed by atoms with Gasteiger partial charge in [-0.15, -0.1) is 0 Å². The van der Waals surface area contributed by atoms with Gasteiger partial charge < -0.3 is 15.0 Å². The molecule has 7 nitrogen and oxygen atoms in total. The number of rotatable bonds is 4. The molecule has 1 aromatic carbocycles. The van der Waals surface area contributed by atoms with Crippen LogP contribution in [0.3, 0.4) is 0 Å². The van der Waals surface area contributed by atoms with Crippen molar-refractivity contribution < 1.29 is 19.1 Å². The van der Waals surface area contributed by atoms with Gasteiger partial charge in [-0.05, 0) is 18.2 Å². The number of nitrogens with one attached hydrogen (secondary N) is 1. The molecule has 1 aliphatic heterocycles. The van der Waals surface area contributed by atoms with Crippen molar-refractivity contribution in [1.29, 1.82) is 0 Å². The molecule has 1 fully saturated rings. The maximum absolute atomic E-state index is 11.9. The van der Waals surface area contributed by atoms with E-state index in [1.807, 2.05) is 0 Å². The van der Waals surface area contributed by atoms with Crippen molar-refractivity contribution in [2.45, 2.75) is 0 Å². The lowest BCUT2D eigenvalue weighted by atomic mass is 10.3. The summed E-state index contributed by atoms with van der Waals surface area (Å²) < 4.78 is 5.00. The number of hydrogen-bond acceptors (Lipinski definition) is 4. The summed E-state index contributed by atoms with van der Waals surface area (Å²) >= 11 is 5.95. The van der Waals surface area contributed by atoms with Crippen molar-refractivity contribution in [2.24, 2.45) is 0 Å². The van der Waals surface area contributed by atoms with Gasteiger partial charge in [-0.1, -0.05) is 11.6 Å². The summed E-state index contributed by atoms with van der Waals surface area (Å²) in [5.74, 6) is -0.389. The molecule has 1 N–H and O–H groups in total. The molecule has 112 valence electrons. The third kappa shape index (κ3) is 3.25. The minimum Gasteiger partial charge on any atom is -0.495 e. The fourth-order valence-corrected chi connectivity index (χ4v) is 2.17. The Kier molecular flexibility index (Phi) is 4.32. The van der Waals surface area contributed by atoms with Gasteiger partial charge in [-0.2, -0.15) is 0 Å². The number of anilines is 1. The minimum atomic E-state index is -0.483. The smallest absolute Gasteiger partial charge is 0.327 e. The molecule has 0 aliphatic carbocycles. The van der Waals surface area contributed by atoms with Gasteiger partial charge >= 0.3 is 6.03 Å². The van der Waals surface area contributed by atoms with Crippen molar-refractivity contribution in [1.82, 2.24) is 9.80 Å². The maximum Gasteiger partial charge on any atom is 0.327 e. The summed E-state index contributed by atoms with van der Waals surface area (Å²) in [6.45, 7) is -0.341. The molecule has 0 bridgehead atoms. The lowest BCUT2D eigenvalue weighted by molar-refractivity contribution is -0.129. The van der Waals surface area contributed by atoms with Crippen molar-refractivity contribution in [3.8, 4) is 5.75 Å². The Morgan fingerprint density at radius 3 is 2.67 bits per heavy atom. The zero-order chi connectivity index (χ0) is 15.6. The highest BCUT2D eigenvalue weighted by Gasteiger charge is 2.34. The van der Waals surface area contributed by atoms with Crippen LogP contribution >= 0.6 is 11.6 Å². The van der Waals surface area contributed by atoms with Crippen LogP contribution in [-0.4, -0.2) is 54.9 Å². The molecule has 1 saturated heterocycles. The molecule has 0 spiro atoms. The maximum atomic E-state index is 11.9. The number of methoxy groups -OCH3 is 1. The largest absolute Gasteiger partial charge is 0.495 e. The predicted octanol–water partition coefficient (Wildman–Crippen LogP) is 1.18. The number of hydrogen-bond donors (Lipinski definition) is 1. The average molecular weight is 312 g/mol. The predicted molar refractivity (Wildman–Crippen MR) is 76.4 cm³/mol. The Hall–Kier alpha value is -2.28. The molecule has 2 rings (SSSR count). The minimum absolute atomic E-state index is 0.0134. The van der Waals surface area contributed by atoms with Crippen molar-refractivity contribution in [3.63, 3.8) is 0 Å². The fraction of sp³-hybridized carbons (Fsp3) is 0.308. The van der Waals surface area contributed by atoms with Gasteiger partial charge in [0.25, 0.3) is 5.91 Å². The second kappa shape index (κ2) is 6.01. The van der Waals surface area contributed by atoms with Crippen LogP contribution in [0.4, 0.5) is 10.5 Å². The first-order valence-electron chi connectivity index (χ1n) is 6.11. The number of imide groups is 1.